The molecule has 0 rings (SSSR count). The molecule has 0 aromatic heterocycles. The van der Waals surface area contributed by atoms with E-state index in [1.54, 1.807) is 0 Å². The highest BCUT2D eigenvalue weighted by atomic mass is 16.6. The van der Waals surface area contributed by atoms with E-state index >= 15 is 0 Å². The lowest BCUT2D eigenvalue weighted by molar-refractivity contribution is -0.167. The summed E-state index contributed by atoms with van der Waals surface area (Å²) in [5.74, 6) is -0.844. The Morgan fingerprint density at radius 3 is 0.746 bits per heavy atom. The molecule has 0 bridgehead atoms. The second-order valence-electron chi connectivity index (χ2n) is 20.6. The van der Waals surface area contributed by atoms with Gasteiger partial charge in [-0.15, -0.1) is 0 Å². The third kappa shape index (κ3) is 55.0. The molecule has 6 nitrogen and oxygen atoms in total. The largest absolute Gasteiger partial charge is 0.462 e. The maximum Gasteiger partial charge on any atom is 0.306 e. The Morgan fingerprint density at radius 1 is 0.284 bits per heavy atom. The van der Waals surface area contributed by atoms with E-state index in [9.17, 15) is 14.4 Å². The zero-order chi connectivity index (χ0) is 48.6. The molecule has 0 aliphatic heterocycles. The highest BCUT2D eigenvalue weighted by Gasteiger charge is 2.19. The van der Waals surface area contributed by atoms with E-state index in [4.69, 9.17) is 14.2 Å². The number of esters is 3. The number of unbranched alkanes of at least 4 members (excludes halogenated alkanes) is 43. The SMILES string of the molecule is CCCCCCCCCC/C=C\CCCCCCCCCC(=O)OC[C@@H](COC(=O)CCCCCCCCCCCCCC)OC(=O)CCCCCCCCCCCCCCCCCCCC. The van der Waals surface area contributed by atoms with Gasteiger partial charge in [0, 0.05) is 19.3 Å². The van der Waals surface area contributed by atoms with Gasteiger partial charge in [-0.3, -0.25) is 14.4 Å². The monoisotopic (exact) mass is 945 g/mol. The van der Waals surface area contributed by atoms with Gasteiger partial charge in [-0.2, -0.15) is 0 Å². The van der Waals surface area contributed by atoms with Gasteiger partial charge in [0.15, 0.2) is 6.10 Å². The number of ether oxygens (including phenoxy) is 3. The minimum Gasteiger partial charge on any atom is -0.462 e. The standard InChI is InChI=1S/C61H116O6/c1-4-7-10-13-16-19-22-25-27-29-31-33-34-36-39-42-45-48-51-54-60(63)66-57-58(56-65-59(62)53-50-47-44-41-38-24-21-18-15-12-9-6-3)67-61(64)55-52-49-46-43-40-37-35-32-30-28-26-23-20-17-14-11-8-5-2/h29,31,58H,4-28,30,32-57H2,1-3H3/b31-29-/t58-/m1/s1. The van der Waals surface area contributed by atoms with E-state index in [1.807, 2.05) is 0 Å². The minimum atomic E-state index is -0.766. The molecule has 0 aliphatic carbocycles. The van der Waals surface area contributed by atoms with Crippen LogP contribution in [0.1, 0.15) is 342 Å². The molecule has 0 radical (unpaired) electrons. The van der Waals surface area contributed by atoms with Gasteiger partial charge < -0.3 is 14.2 Å². The third-order valence-electron chi connectivity index (χ3n) is 13.8. The first-order valence-corrected chi connectivity index (χ1v) is 30.2. The Kier molecular flexibility index (Phi) is 55.2. The normalized spacial score (nSPS) is 12.0. The van der Waals surface area contributed by atoms with Crippen LogP contribution >= 0.6 is 0 Å². The lowest BCUT2D eigenvalue weighted by atomic mass is 10.0. The third-order valence-corrected chi connectivity index (χ3v) is 13.8. The molecule has 0 fully saturated rings. The van der Waals surface area contributed by atoms with E-state index < -0.39 is 6.10 Å². The summed E-state index contributed by atoms with van der Waals surface area (Å²) in [6, 6.07) is 0. The summed E-state index contributed by atoms with van der Waals surface area (Å²) in [5.41, 5.74) is 0. The van der Waals surface area contributed by atoms with E-state index in [0.717, 1.165) is 57.8 Å². The first-order chi connectivity index (χ1) is 33.0. The molecule has 0 saturated heterocycles. The molecule has 0 aliphatic rings. The number of carbonyl (C=O) groups is 3. The van der Waals surface area contributed by atoms with Gasteiger partial charge >= 0.3 is 17.9 Å². The highest BCUT2D eigenvalue weighted by Crippen LogP contribution is 2.17. The van der Waals surface area contributed by atoms with Gasteiger partial charge in [0.05, 0.1) is 0 Å². The Bertz CT molecular complexity index is 1040. The highest BCUT2D eigenvalue weighted by molar-refractivity contribution is 5.71. The van der Waals surface area contributed by atoms with Crippen molar-refractivity contribution in [3.8, 4) is 0 Å². The second kappa shape index (κ2) is 56.7. The summed E-state index contributed by atoms with van der Waals surface area (Å²) < 4.78 is 16.9. The fraction of sp³-hybridized carbons (Fsp3) is 0.918. The van der Waals surface area contributed by atoms with Crippen LogP contribution in [0.3, 0.4) is 0 Å². The van der Waals surface area contributed by atoms with Crippen molar-refractivity contribution < 1.29 is 28.6 Å². The van der Waals surface area contributed by atoms with Crippen LogP contribution in [0.4, 0.5) is 0 Å². The molecule has 0 aromatic rings. The van der Waals surface area contributed by atoms with E-state index in [1.165, 1.54) is 244 Å². The zero-order valence-electron chi connectivity index (χ0n) is 45.5. The van der Waals surface area contributed by atoms with Crippen LogP contribution in [0.2, 0.25) is 0 Å². The molecule has 396 valence electrons. The fourth-order valence-electron chi connectivity index (χ4n) is 9.21. The van der Waals surface area contributed by atoms with Crippen molar-refractivity contribution in [2.45, 2.75) is 348 Å². The number of hydrogen-bond donors (Lipinski definition) is 0. The molecule has 0 spiro atoms. The summed E-state index contributed by atoms with van der Waals surface area (Å²) in [6.07, 6.45) is 64.9. The van der Waals surface area contributed by atoms with Crippen molar-refractivity contribution in [1.82, 2.24) is 0 Å². The number of allylic oxidation sites excluding steroid dienone is 2. The van der Waals surface area contributed by atoms with Crippen LogP contribution in [0.5, 0.6) is 0 Å². The first kappa shape index (κ1) is 65.1. The molecule has 0 aromatic carbocycles. The number of hydrogen-bond acceptors (Lipinski definition) is 6. The maximum absolute atomic E-state index is 12.9. The van der Waals surface area contributed by atoms with Gasteiger partial charge in [-0.05, 0) is 44.9 Å². The smallest absolute Gasteiger partial charge is 0.306 e. The van der Waals surface area contributed by atoms with Crippen LogP contribution in [0.25, 0.3) is 0 Å². The van der Waals surface area contributed by atoms with Crippen molar-refractivity contribution in [2.24, 2.45) is 0 Å². The topological polar surface area (TPSA) is 78.9 Å². The van der Waals surface area contributed by atoms with Gasteiger partial charge in [-0.25, -0.2) is 0 Å². The van der Waals surface area contributed by atoms with Crippen molar-refractivity contribution in [3.05, 3.63) is 12.2 Å². The predicted molar refractivity (Wildman–Crippen MR) is 289 cm³/mol. The van der Waals surface area contributed by atoms with Crippen LogP contribution in [0.15, 0.2) is 12.2 Å². The van der Waals surface area contributed by atoms with Crippen LogP contribution in [-0.2, 0) is 28.6 Å². The van der Waals surface area contributed by atoms with Gasteiger partial charge in [0.1, 0.15) is 13.2 Å². The molecule has 1 atom stereocenters. The fourth-order valence-corrected chi connectivity index (χ4v) is 9.21. The quantitative estimate of drug-likeness (QED) is 0.0262. The average Bonchev–Trinajstić information content (AvgIpc) is 3.33. The summed E-state index contributed by atoms with van der Waals surface area (Å²) >= 11 is 0. The number of rotatable bonds is 56. The minimum absolute atomic E-state index is 0.0652. The van der Waals surface area contributed by atoms with E-state index in [2.05, 4.69) is 32.9 Å². The van der Waals surface area contributed by atoms with Crippen LogP contribution < -0.4 is 0 Å². The zero-order valence-corrected chi connectivity index (χ0v) is 45.5. The lowest BCUT2D eigenvalue weighted by Gasteiger charge is -2.18. The summed E-state index contributed by atoms with van der Waals surface area (Å²) in [4.78, 5) is 38.2. The van der Waals surface area contributed by atoms with Gasteiger partial charge in [0.2, 0.25) is 0 Å². The van der Waals surface area contributed by atoms with Crippen molar-refractivity contribution in [2.75, 3.05) is 13.2 Å². The maximum atomic E-state index is 12.9. The first-order valence-electron chi connectivity index (χ1n) is 30.2. The molecule has 67 heavy (non-hydrogen) atoms. The van der Waals surface area contributed by atoms with Crippen LogP contribution in [0, 0.1) is 0 Å². The Morgan fingerprint density at radius 2 is 0.493 bits per heavy atom. The van der Waals surface area contributed by atoms with Gasteiger partial charge in [-0.1, -0.05) is 290 Å². The Balaban J connectivity index is 4.28. The van der Waals surface area contributed by atoms with Crippen LogP contribution in [-0.4, -0.2) is 37.2 Å². The molecule has 6 heteroatoms. The molecule has 0 saturated carbocycles. The molecule has 0 unspecified atom stereocenters. The molecular formula is C61H116O6. The van der Waals surface area contributed by atoms with Crippen molar-refractivity contribution in [3.63, 3.8) is 0 Å². The Hall–Kier alpha value is -1.85. The second-order valence-corrected chi connectivity index (χ2v) is 20.6. The van der Waals surface area contributed by atoms with Crippen molar-refractivity contribution in [1.29, 1.82) is 0 Å². The molecule has 0 heterocycles. The average molecular weight is 946 g/mol. The molecular weight excluding hydrogens is 829 g/mol. The molecule has 0 N–H and O–H groups in total. The van der Waals surface area contributed by atoms with Gasteiger partial charge in [0.25, 0.3) is 0 Å². The molecule has 0 amide bonds. The summed E-state index contributed by atoms with van der Waals surface area (Å²) in [6.45, 7) is 6.70. The predicted octanol–water partition coefficient (Wildman–Crippen LogP) is 20.1. The van der Waals surface area contributed by atoms with E-state index in [0.29, 0.717) is 19.3 Å². The van der Waals surface area contributed by atoms with Crippen molar-refractivity contribution >= 4 is 17.9 Å². The Labute approximate surface area is 418 Å². The van der Waals surface area contributed by atoms with E-state index in [-0.39, 0.29) is 31.1 Å². The lowest BCUT2D eigenvalue weighted by Crippen LogP contribution is -2.30. The summed E-state index contributed by atoms with van der Waals surface area (Å²) in [5, 5.41) is 0. The number of carbonyl (C=O) groups excluding carboxylic acids is 3. The summed E-state index contributed by atoms with van der Waals surface area (Å²) in [7, 11) is 0.